The molecule has 0 atom stereocenters. The molecule has 0 saturated carbocycles. The number of rotatable bonds is 7. The van der Waals surface area contributed by atoms with Crippen LogP contribution in [-0.2, 0) is 14.8 Å². The fourth-order valence-electron chi connectivity index (χ4n) is 1.45. The van der Waals surface area contributed by atoms with Crippen molar-refractivity contribution in [3.8, 4) is 5.75 Å². The molecular weight excluding hydrogens is 325 g/mol. The fourth-order valence-corrected chi connectivity index (χ4v) is 2.56. The van der Waals surface area contributed by atoms with E-state index in [9.17, 15) is 26.4 Å². The summed E-state index contributed by atoms with van der Waals surface area (Å²) < 4.78 is 66.3. The molecule has 0 aliphatic heterocycles. The van der Waals surface area contributed by atoms with Crippen molar-refractivity contribution < 1.29 is 31.1 Å². The van der Waals surface area contributed by atoms with Gasteiger partial charge in [0.05, 0.1) is 6.54 Å². The van der Waals surface area contributed by atoms with Crippen LogP contribution < -0.4 is 14.8 Å². The number of ether oxygens (including phenoxy) is 1. The third kappa shape index (κ3) is 5.90. The predicted molar refractivity (Wildman–Crippen MR) is 71.6 cm³/mol. The van der Waals surface area contributed by atoms with E-state index >= 15 is 0 Å². The van der Waals surface area contributed by atoms with Crippen LogP contribution in [0.1, 0.15) is 13.3 Å². The van der Waals surface area contributed by atoms with Crippen LogP contribution in [0.5, 0.6) is 5.75 Å². The lowest BCUT2D eigenvalue weighted by atomic mass is 10.3. The fraction of sp³-hybridized carbons (Fsp3) is 0.417. The summed E-state index contributed by atoms with van der Waals surface area (Å²) in [4.78, 5) is 10.6. The number of hydrogen-bond acceptors (Lipinski definition) is 4. The Morgan fingerprint density at radius 1 is 1.27 bits per heavy atom. The highest BCUT2D eigenvalue weighted by Crippen LogP contribution is 2.28. The van der Waals surface area contributed by atoms with E-state index in [1.807, 2.05) is 11.6 Å². The lowest BCUT2D eigenvalue weighted by Gasteiger charge is -2.13. The maximum absolute atomic E-state index is 12.3. The molecule has 0 saturated heterocycles. The molecule has 22 heavy (non-hydrogen) atoms. The van der Waals surface area contributed by atoms with E-state index < -0.39 is 39.5 Å². The highest BCUT2D eigenvalue weighted by atomic mass is 32.2. The van der Waals surface area contributed by atoms with Gasteiger partial charge in [-0.1, -0.05) is 19.1 Å². The second kappa shape index (κ2) is 7.45. The highest BCUT2D eigenvalue weighted by Gasteiger charge is 2.34. The molecule has 1 amide bonds. The van der Waals surface area contributed by atoms with E-state index in [0.717, 1.165) is 12.1 Å². The topological polar surface area (TPSA) is 84.5 Å². The van der Waals surface area contributed by atoms with Gasteiger partial charge in [-0.05, 0) is 18.6 Å². The van der Waals surface area contributed by atoms with Crippen molar-refractivity contribution in [2.75, 3.05) is 13.1 Å². The smallest absolute Gasteiger partial charge is 0.404 e. The molecule has 0 spiro atoms. The molecule has 1 rings (SSSR count). The van der Waals surface area contributed by atoms with Crippen molar-refractivity contribution in [2.45, 2.75) is 24.6 Å². The van der Waals surface area contributed by atoms with Crippen LogP contribution >= 0.6 is 0 Å². The van der Waals surface area contributed by atoms with E-state index in [1.54, 1.807) is 0 Å². The van der Waals surface area contributed by atoms with Crippen LogP contribution in [0, 0.1) is 0 Å². The Bertz CT molecular complexity index is 617. The molecule has 0 bridgehead atoms. The van der Waals surface area contributed by atoms with Crippen LogP contribution in [0.15, 0.2) is 29.2 Å². The van der Waals surface area contributed by atoms with Gasteiger partial charge in [-0.15, -0.1) is 13.2 Å². The Kier molecular flexibility index (Phi) is 6.18. The molecule has 0 radical (unpaired) electrons. The lowest BCUT2D eigenvalue weighted by Crippen LogP contribution is -2.37. The average molecular weight is 340 g/mol. The van der Waals surface area contributed by atoms with Gasteiger partial charge in [-0.25, -0.2) is 13.1 Å². The van der Waals surface area contributed by atoms with E-state index in [4.69, 9.17) is 0 Å². The first-order valence-corrected chi connectivity index (χ1v) is 7.75. The van der Waals surface area contributed by atoms with E-state index in [0.29, 0.717) is 13.0 Å². The average Bonchev–Trinajstić information content (AvgIpc) is 2.41. The predicted octanol–water partition coefficient (Wildman–Crippen LogP) is 1.39. The zero-order valence-corrected chi connectivity index (χ0v) is 12.4. The van der Waals surface area contributed by atoms with E-state index in [2.05, 4.69) is 10.1 Å². The second-order valence-electron chi connectivity index (χ2n) is 4.17. The van der Waals surface area contributed by atoms with Gasteiger partial charge in [0.2, 0.25) is 15.9 Å². The first-order valence-electron chi connectivity index (χ1n) is 6.27. The second-order valence-corrected chi connectivity index (χ2v) is 5.90. The molecule has 0 aliphatic rings. The molecule has 0 fully saturated rings. The van der Waals surface area contributed by atoms with Gasteiger partial charge in [0.1, 0.15) is 10.6 Å². The van der Waals surface area contributed by atoms with E-state index in [1.165, 1.54) is 12.1 Å². The number of carbonyl (C=O) groups excluding carboxylic acids is 1. The number of amides is 1. The number of benzene rings is 1. The van der Waals surface area contributed by atoms with Gasteiger partial charge in [0, 0.05) is 6.54 Å². The summed E-state index contributed by atoms with van der Waals surface area (Å²) in [5, 5.41) is 2.43. The maximum atomic E-state index is 12.3. The molecule has 0 heterocycles. The number of carbonyl (C=O) groups is 1. The summed E-state index contributed by atoms with van der Waals surface area (Å²) in [5.74, 6) is -1.45. The minimum Gasteiger partial charge on any atom is -0.404 e. The summed E-state index contributed by atoms with van der Waals surface area (Å²) in [7, 11) is -4.32. The van der Waals surface area contributed by atoms with Crippen LogP contribution in [0.3, 0.4) is 0 Å². The molecule has 2 N–H and O–H groups in total. The molecule has 0 aromatic heterocycles. The Morgan fingerprint density at radius 2 is 1.91 bits per heavy atom. The van der Waals surface area contributed by atoms with Gasteiger partial charge in [-0.2, -0.15) is 0 Å². The Morgan fingerprint density at radius 3 is 2.50 bits per heavy atom. The zero-order valence-electron chi connectivity index (χ0n) is 11.6. The van der Waals surface area contributed by atoms with Gasteiger partial charge in [-0.3, -0.25) is 4.79 Å². The SMILES string of the molecule is CCCNC(=O)CNS(=O)(=O)c1ccccc1OC(F)(F)F. The third-order valence-corrected chi connectivity index (χ3v) is 3.80. The molecule has 124 valence electrons. The quantitative estimate of drug-likeness (QED) is 0.786. The van der Waals surface area contributed by atoms with Crippen LogP contribution in [-0.4, -0.2) is 33.8 Å². The van der Waals surface area contributed by atoms with Crippen LogP contribution in [0.25, 0.3) is 0 Å². The van der Waals surface area contributed by atoms with Gasteiger partial charge in [0.15, 0.2) is 0 Å². The number of hydrogen-bond donors (Lipinski definition) is 2. The van der Waals surface area contributed by atoms with Crippen molar-refractivity contribution in [2.24, 2.45) is 0 Å². The summed E-state index contributed by atoms with van der Waals surface area (Å²) in [6.45, 7) is 1.60. The van der Waals surface area contributed by atoms with Crippen molar-refractivity contribution >= 4 is 15.9 Å². The molecule has 6 nitrogen and oxygen atoms in total. The monoisotopic (exact) mass is 340 g/mol. The highest BCUT2D eigenvalue weighted by molar-refractivity contribution is 7.89. The van der Waals surface area contributed by atoms with Crippen molar-refractivity contribution in [1.29, 1.82) is 0 Å². The van der Waals surface area contributed by atoms with Crippen LogP contribution in [0.4, 0.5) is 13.2 Å². The number of sulfonamides is 1. The van der Waals surface area contributed by atoms with Gasteiger partial charge in [0.25, 0.3) is 0 Å². The Hall–Kier alpha value is -1.81. The molecule has 0 unspecified atom stereocenters. The summed E-state index contributed by atoms with van der Waals surface area (Å²) >= 11 is 0. The van der Waals surface area contributed by atoms with Crippen molar-refractivity contribution in [1.82, 2.24) is 10.0 Å². The first kappa shape index (κ1) is 18.2. The Labute approximate surface area is 125 Å². The van der Waals surface area contributed by atoms with Crippen molar-refractivity contribution in [3.05, 3.63) is 24.3 Å². The first-order chi connectivity index (χ1) is 10.2. The van der Waals surface area contributed by atoms with Gasteiger partial charge >= 0.3 is 6.36 Å². The lowest BCUT2D eigenvalue weighted by molar-refractivity contribution is -0.275. The van der Waals surface area contributed by atoms with Gasteiger partial charge < -0.3 is 10.1 Å². The number of alkyl halides is 3. The minimum atomic E-state index is -5.02. The summed E-state index contributed by atoms with van der Waals surface area (Å²) in [6.07, 6.45) is -4.36. The van der Waals surface area contributed by atoms with Crippen LogP contribution in [0.2, 0.25) is 0 Å². The molecular formula is C12H15F3N2O4S. The largest absolute Gasteiger partial charge is 0.573 e. The summed E-state index contributed by atoms with van der Waals surface area (Å²) in [5.41, 5.74) is 0. The molecule has 1 aromatic carbocycles. The number of para-hydroxylation sites is 1. The zero-order chi connectivity index (χ0) is 16.8. The minimum absolute atomic E-state index is 0.369. The third-order valence-electron chi connectivity index (χ3n) is 2.36. The van der Waals surface area contributed by atoms with E-state index in [-0.39, 0.29) is 0 Å². The normalized spacial score (nSPS) is 12.0. The molecule has 10 heteroatoms. The standard InChI is InChI=1S/C12H15F3N2O4S/c1-2-7-16-11(18)8-17-22(19,20)10-6-4-3-5-9(10)21-12(13,14)15/h3-6,17H,2,7-8H2,1H3,(H,16,18). The summed E-state index contributed by atoms with van der Waals surface area (Å²) in [6, 6.07) is 4.27. The molecule has 1 aromatic rings. The molecule has 0 aliphatic carbocycles. The maximum Gasteiger partial charge on any atom is 0.573 e. The Balaban J connectivity index is 2.87. The van der Waals surface area contributed by atoms with Crippen molar-refractivity contribution in [3.63, 3.8) is 0 Å². The number of nitrogens with one attached hydrogen (secondary N) is 2. The number of halogens is 3.